The zero-order valence-corrected chi connectivity index (χ0v) is 12.1. The van der Waals surface area contributed by atoms with Crippen LogP contribution in [0, 0.1) is 0 Å². The minimum atomic E-state index is 0.0143. The number of ether oxygens (including phenoxy) is 1. The molecule has 1 fully saturated rings. The summed E-state index contributed by atoms with van der Waals surface area (Å²) in [7, 11) is 0. The third-order valence-corrected chi connectivity index (χ3v) is 3.69. The molecule has 0 N–H and O–H groups in total. The highest BCUT2D eigenvalue weighted by molar-refractivity contribution is 9.10. The van der Waals surface area contributed by atoms with Crippen molar-refractivity contribution in [1.82, 2.24) is 4.90 Å². The van der Waals surface area contributed by atoms with Gasteiger partial charge in [-0.05, 0) is 41.3 Å². The minimum Gasteiger partial charge on any atom is -0.457 e. The molecule has 0 radical (unpaired) electrons. The van der Waals surface area contributed by atoms with Gasteiger partial charge in [0.15, 0.2) is 4.67 Å². The summed E-state index contributed by atoms with van der Waals surface area (Å²) in [6.07, 6.45) is 4.74. The standard InChI is InChI=1S/C13H18BrNO3/c1-2-7-17-10-4-3-6-15(9-10)13(16)11-5-8-18-12(11)14/h5,8,10H,2-4,6-7,9H2,1H3. The number of furan rings is 1. The van der Waals surface area contributed by atoms with Gasteiger partial charge in [0.25, 0.3) is 5.91 Å². The minimum absolute atomic E-state index is 0.0143. The molecule has 0 aliphatic carbocycles. The van der Waals surface area contributed by atoms with Crippen LogP contribution in [0.4, 0.5) is 0 Å². The van der Waals surface area contributed by atoms with Gasteiger partial charge in [-0.3, -0.25) is 4.79 Å². The van der Waals surface area contributed by atoms with Crippen LogP contribution in [0.1, 0.15) is 36.5 Å². The molecule has 1 unspecified atom stereocenters. The van der Waals surface area contributed by atoms with Crippen LogP contribution in [-0.4, -0.2) is 36.6 Å². The third kappa shape index (κ3) is 3.14. The molecule has 18 heavy (non-hydrogen) atoms. The molecule has 1 aliphatic rings. The molecule has 0 saturated carbocycles. The zero-order valence-electron chi connectivity index (χ0n) is 10.5. The van der Waals surface area contributed by atoms with Gasteiger partial charge in [-0.25, -0.2) is 0 Å². The fraction of sp³-hybridized carbons (Fsp3) is 0.615. The molecule has 1 amide bonds. The Morgan fingerprint density at radius 1 is 1.67 bits per heavy atom. The lowest BCUT2D eigenvalue weighted by molar-refractivity contribution is 0.00205. The van der Waals surface area contributed by atoms with Crippen molar-refractivity contribution in [2.75, 3.05) is 19.7 Å². The maximum Gasteiger partial charge on any atom is 0.258 e. The summed E-state index contributed by atoms with van der Waals surface area (Å²) in [6.45, 7) is 4.33. The smallest absolute Gasteiger partial charge is 0.258 e. The third-order valence-electron chi connectivity index (χ3n) is 3.07. The molecule has 1 aromatic heterocycles. The van der Waals surface area contributed by atoms with Gasteiger partial charge in [0.1, 0.15) is 0 Å². The number of halogens is 1. The number of carbonyl (C=O) groups excluding carboxylic acids is 1. The van der Waals surface area contributed by atoms with Crippen molar-refractivity contribution in [1.29, 1.82) is 0 Å². The molecule has 0 aromatic carbocycles. The number of likely N-dealkylation sites (tertiary alicyclic amines) is 1. The Labute approximate surface area is 115 Å². The van der Waals surface area contributed by atoms with Gasteiger partial charge in [0.2, 0.25) is 0 Å². The maximum absolute atomic E-state index is 12.3. The monoisotopic (exact) mass is 315 g/mol. The molecular formula is C13H18BrNO3. The van der Waals surface area contributed by atoms with Gasteiger partial charge < -0.3 is 14.1 Å². The van der Waals surface area contributed by atoms with E-state index >= 15 is 0 Å². The highest BCUT2D eigenvalue weighted by atomic mass is 79.9. The van der Waals surface area contributed by atoms with Gasteiger partial charge in [-0.15, -0.1) is 0 Å². The van der Waals surface area contributed by atoms with Crippen molar-refractivity contribution in [3.63, 3.8) is 0 Å². The van der Waals surface area contributed by atoms with Crippen molar-refractivity contribution < 1.29 is 13.9 Å². The van der Waals surface area contributed by atoms with E-state index in [1.165, 1.54) is 6.26 Å². The van der Waals surface area contributed by atoms with E-state index < -0.39 is 0 Å². The number of carbonyl (C=O) groups is 1. The molecule has 4 nitrogen and oxygen atoms in total. The number of piperidine rings is 1. The molecular weight excluding hydrogens is 298 g/mol. The van der Waals surface area contributed by atoms with Crippen molar-refractivity contribution in [2.45, 2.75) is 32.3 Å². The van der Waals surface area contributed by atoms with Crippen molar-refractivity contribution in [3.05, 3.63) is 22.6 Å². The molecule has 0 spiro atoms. The van der Waals surface area contributed by atoms with Crippen LogP contribution < -0.4 is 0 Å². The molecule has 2 heterocycles. The van der Waals surface area contributed by atoms with E-state index in [0.717, 1.165) is 32.4 Å². The van der Waals surface area contributed by atoms with Gasteiger partial charge in [0, 0.05) is 19.7 Å². The van der Waals surface area contributed by atoms with Crippen molar-refractivity contribution >= 4 is 21.8 Å². The lowest BCUT2D eigenvalue weighted by atomic mass is 10.1. The Morgan fingerprint density at radius 3 is 3.17 bits per heavy atom. The lowest BCUT2D eigenvalue weighted by Crippen LogP contribution is -2.43. The van der Waals surface area contributed by atoms with Crippen LogP contribution in [0.5, 0.6) is 0 Å². The van der Waals surface area contributed by atoms with Crippen LogP contribution in [-0.2, 0) is 4.74 Å². The van der Waals surface area contributed by atoms with Crippen molar-refractivity contribution in [3.8, 4) is 0 Å². The van der Waals surface area contributed by atoms with Crippen LogP contribution in [0.3, 0.4) is 0 Å². The Morgan fingerprint density at radius 2 is 2.50 bits per heavy atom. The number of rotatable bonds is 4. The average molecular weight is 316 g/mol. The Bertz CT molecular complexity index is 405. The normalized spacial score (nSPS) is 20.1. The molecule has 2 rings (SSSR count). The molecule has 5 heteroatoms. The highest BCUT2D eigenvalue weighted by Crippen LogP contribution is 2.22. The first-order valence-corrected chi connectivity index (χ1v) is 7.15. The van der Waals surface area contributed by atoms with E-state index in [9.17, 15) is 4.79 Å². The molecule has 100 valence electrons. The number of amides is 1. The summed E-state index contributed by atoms with van der Waals surface area (Å²) in [5.74, 6) is 0.0143. The SMILES string of the molecule is CCCOC1CCCN(C(=O)c2ccoc2Br)C1. The van der Waals surface area contributed by atoms with Crippen molar-refractivity contribution in [2.24, 2.45) is 0 Å². The topological polar surface area (TPSA) is 42.7 Å². The first-order valence-electron chi connectivity index (χ1n) is 6.36. The van der Waals surface area contributed by atoms with Crippen LogP contribution in [0.25, 0.3) is 0 Å². The fourth-order valence-corrected chi connectivity index (χ4v) is 2.57. The second-order valence-corrected chi connectivity index (χ2v) is 5.21. The quantitative estimate of drug-likeness (QED) is 0.857. The van der Waals surface area contributed by atoms with Gasteiger partial charge in [-0.1, -0.05) is 6.92 Å². The summed E-state index contributed by atoms with van der Waals surface area (Å²) >= 11 is 3.25. The number of hydrogen-bond acceptors (Lipinski definition) is 3. The molecule has 1 atom stereocenters. The van der Waals surface area contributed by atoms with E-state index in [0.29, 0.717) is 16.8 Å². The van der Waals surface area contributed by atoms with Crippen LogP contribution in [0.15, 0.2) is 21.4 Å². The van der Waals surface area contributed by atoms with Gasteiger partial charge in [-0.2, -0.15) is 0 Å². The number of nitrogens with zero attached hydrogens (tertiary/aromatic N) is 1. The summed E-state index contributed by atoms with van der Waals surface area (Å²) in [6, 6.07) is 1.70. The second kappa shape index (κ2) is 6.38. The molecule has 1 aromatic rings. The van der Waals surface area contributed by atoms with Gasteiger partial charge >= 0.3 is 0 Å². The second-order valence-electron chi connectivity index (χ2n) is 4.49. The average Bonchev–Trinajstić information content (AvgIpc) is 2.82. The summed E-state index contributed by atoms with van der Waals surface area (Å²) in [5, 5.41) is 0. The van der Waals surface area contributed by atoms with E-state index in [1.54, 1.807) is 6.07 Å². The van der Waals surface area contributed by atoms with E-state index in [1.807, 2.05) is 4.90 Å². The first-order chi connectivity index (χ1) is 8.72. The summed E-state index contributed by atoms with van der Waals surface area (Å²) in [4.78, 5) is 14.1. The molecule has 0 bridgehead atoms. The Hall–Kier alpha value is -0.810. The number of hydrogen-bond donors (Lipinski definition) is 0. The van der Waals surface area contributed by atoms with Crippen LogP contribution in [0.2, 0.25) is 0 Å². The van der Waals surface area contributed by atoms with Crippen LogP contribution >= 0.6 is 15.9 Å². The Kier molecular flexibility index (Phi) is 4.83. The highest BCUT2D eigenvalue weighted by Gasteiger charge is 2.26. The first kappa shape index (κ1) is 13.6. The predicted molar refractivity (Wildman–Crippen MR) is 71.6 cm³/mol. The molecule has 1 saturated heterocycles. The van der Waals surface area contributed by atoms with Gasteiger partial charge in [0.05, 0.1) is 17.9 Å². The maximum atomic E-state index is 12.3. The largest absolute Gasteiger partial charge is 0.457 e. The lowest BCUT2D eigenvalue weighted by Gasteiger charge is -2.32. The van der Waals surface area contributed by atoms with E-state index in [4.69, 9.17) is 9.15 Å². The Balaban J connectivity index is 1.96. The summed E-state index contributed by atoms with van der Waals surface area (Å²) < 4.78 is 11.3. The fourth-order valence-electron chi connectivity index (χ4n) is 2.16. The predicted octanol–water partition coefficient (Wildman–Crippen LogP) is 3.07. The van der Waals surface area contributed by atoms with E-state index in [-0.39, 0.29) is 12.0 Å². The summed E-state index contributed by atoms with van der Waals surface area (Å²) in [5.41, 5.74) is 0.589. The van der Waals surface area contributed by atoms with E-state index in [2.05, 4.69) is 22.9 Å². The zero-order chi connectivity index (χ0) is 13.0. The molecule has 1 aliphatic heterocycles.